The van der Waals surface area contributed by atoms with Crippen LogP contribution in [0.1, 0.15) is 120 Å². The fraction of sp³-hybridized carbons (Fsp3) is 0.844. The van der Waals surface area contributed by atoms with E-state index in [-0.39, 0.29) is 17.5 Å². The van der Waals surface area contributed by atoms with Crippen LogP contribution in [-0.2, 0) is 9.53 Å². The van der Waals surface area contributed by atoms with E-state index in [0.29, 0.717) is 22.2 Å². The highest BCUT2D eigenvalue weighted by atomic mass is 16.5. The molecule has 0 aromatic carbocycles. The molecule has 0 radical (unpaired) electrons. The maximum Gasteiger partial charge on any atom is 0.302 e. The van der Waals surface area contributed by atoms with Gasteiger partial charge in [0.2, 0.25) is 0 Å². The Morgan fingerprint density at radius 3 is 2.21 bits per heavy atom. The van der Waals surface area contributed by atoms with Gasteiger partial charge in [-0.05, 0) is 118 Å². The first-order chi connectivity index (χ1) is 15.8. The summed E-state index contributed by atoms with van der Waals surface area (Å²) >= 11 is 0. The van der Waals surface area contributed by atoms with Gasteiger partial charge in [0.15, 0.2) is 0 Å². The predicted molar refractivity (Wildman–Crippen MR) is 142 cm³/mol. The van der Waals surface area contributed by atoms with E-state index < -0.39 is 0 Å². The average molecular weight is 469 g/mol. The molecule has 4 fully saturated rings. The molecule has 4 saturated carbocycles. The maximum atomic E-state index is 11.8. The van der Waals surface area contributed by atoms with Gasteiger partial charge in [-0.25, -0.2) is 0 Å². The second-order valence-corrected chi connectivity index (χ2v) is 14.3. The standard InChI is InChI=1S/C32H52O2/c1-21(2)11-10-12-22(3)24-15-19-31(8)25(24)13-14-27-30(7)18-17-28(34-23(4)33)29(5,6)26(30)16-20-32(27,31)9/h11,24-28H,3,10,12-20H2,1-2,4-9H3/t24-,25+,26-,27-,28+,30+,31+,32-/m1/s1. The van der Waals surface area contributed by atoms with Gasteiger partial charge in [-0.2, -0.15) is 0 Å². The first-order valence-electron chi connectivity index (χ1n) is 14.3. The van der Waals surface area contributed by atoms with E-state index in [1.165, 1.54) is 56.1 Å². The Kier molecular flexibility index (Phi) is 6.74. The fourth-order valence-electron chi connectivity index (χ4n) is 10.4. The van der Waals surface area contributed by atoms with E-state index in [2.05, 4.69) is 61.1 Å². The molecule has 192 valence electrons. The molecule has 4 aliphatic carbocycles. The molecule has 8 atom stereocenters. The van der Waals surface area contributed by atoms with Crippen LogP contribution in [0.3, 0.4) is 0 Å². The molecule has 2 heteroatoms. The zero-order valence-electron chi connectivity index (χ0n) is 23.6. The quantitative estimate of drug-likeness (QED) is 0.297. The van der Waals surface area contributed by atoms with Gasteiger partial charge in [-0.15, -0.1) is 0 Å². The minimum absolute atomic E-state index is 0.0508. The van der Waals surface area contributed by atoms with Crippen molar-refractivity contribution in [3.63, 3.8) is 0 Å². The highest BCUT2D eigenvalue weighted by molar-refractivity contribution is 5.66. The van der Waals surface area contributed by atoms with Crippen molar-refractivity contribution in [2.24, 2.45) is 45.3 Å². The molecule has 0 heterocycles. The van der Waals surface area contributed by atoms with Gasteiger partial charge < -0.3 is 4.74 Å². The molecule has 34 heavy (non-hydrogen) atoms. The van der Waals surface area contributed by atoms with Gasteiger partial charge in [0.25, 0.3) is 0 Å². The van der Waals surface area contributed by atoms with Gasteiger partial charge >= 0.3 is 5.97 Å². The van der Waals surface area contributed by atoms with E-state index >= 15 is 0 Å². The van der Waals surface area contributed by atoms with Crippen LogP contribution >= 0.6 is 0 Å². The summed E-state index contributed by atoms with van der Waals surface area (Å²) in [6.45, 7) is 23.4. The highest BCUT2D eigenvalue weighted by Gasteiger charge is 2.68. The zero-order chi connectivity index (χ0) is 25.1. The van der Waals surface area contributed by atoms with E-state index in [1.807, 2.05) is 0 Å². The summed E-state index contributed by atoms with van der Waals surface area (Å²) in [7, 11) is 0. The van der Waals surface area contributed by atoms with Gasteiger partial charge in [0.1, 0.15) is 6.10 Å². The third-order valence-corrected chi connectivity index (χ3v) is 12.2. The van der Waals surface area contributed by atoms with Crippen LogP contribution in [-0.4, -0.2) is 12.1 Å². The number of ether oxygens (including phenoxy) is 1. The van der Waals surface area contributed by atoms with Gasteiger partial charge in [0.05, 0.1) is 0 Å². The number of esters is 1. The SMILES string of the molecule is C=C(CCC=C(C)C)[C@H]1CC[C@@]2(C)[C@H]1CC[C@@H]1[C@@]3(C)CC[C@H](OC(C)=O)C(C)(C)[C@H]3CC[C@]12C. The van der Waals surface area contributed by atoms with Crippen LogP contribution in [0, 0.1) is 45.3 Å². The molecular formula is C32H52O2. The molecule has 0 aliphatic heterocycles. The Morgan fingerprint density at radius 1 is 0.882 bits per heavy atom. The first kappa shape index (κ1) is 26.0. The van der Waals surface area contributed by atoms with E-state index in [0.717, 1.165) is 37.0 Å². The molecule has 0 bridgehead atoms. The first-order valence-corrected chi connectivity index (χ1v) is 14.3. The minimum atomic E-state index is -0.114. The molecule has 0 spiro atoms. The van der Waals surface area contributed by atoms with E-state index in [1.54, 1.807) is 6.92 Å². The summed E-state index contributed by atoms with van der Waals surface area (Å²) in [5.74, 6) is 2.81. The molecule has 0 amide bonds. The van der Waals surface area contributed by atoms with Crippen LogP contribution in [0.4, 0.5) is 0 Å². The topological polar surface area (TPSA) is 26.3 Å². The monoisotopic (exact) mass is 468 g/mol. The highest BCUT2D eigenvalue weighted by Crippen LogP contribution is 2.75. The van der Waals surface area contributed by atoms with Crippen molar-refractivity contribution < 1.29 is 9.53 Å². The Morgan fingerprint density at radius 2 is 1.56 bits per heavy atom. The summed E-state index contributed by atoms with van der Waals surface area (Å²) in [4.78, 5) is 11.8. The van der Waals surface area contributed by atoms with Crippen molar-refractivity contribution >= 4 is 5.97 Å². The lowest BCUT2D eigenvalue weighted by Gasteiger charge is -2.70. The summed E-state index contributed by atoms with van der Waals surface area (Å²) in [6.07, 6.45) is 15.1. The third-order valence-electron chi connectivity index (χ3n) is 12.2. The summed E-state index contributed by atoms with van der Waals surface area (Å²) in [6, 6.07) is 0. The number of carbonyl (C=O) groups is 1. The number of hydrogen-bond acceptors (Lipinski definition) is 2. The number of carbonyl (C=O) groups excluding carboxylic acids is 1. The normalized spacial score (nSPS) is 44.9. The average Bonchev–Trinajstić information content (AvgIpc) is 3.08. The molecule has 0 unspecified atom stereocenters. The Bertz CT molecular complexity index is 847. The maximum absolute atomic E-state index is 11.8. The smallest absolute Gasteiger partial charge is 0.302 e. The minimum Gasteiger partial charge on any atom is -0.462 e. The summed E-state index contributed by atoms with van der Waals surface area (Å²) in [5, 5.41) is 0. The molecule has 2 nitrogen and oxygen atoms in total. The van der Waals surface area contributed by atoms with Crippen LogP contribution in [0.25, 0.3) is 0 Å². The van der Waals surface area contributed by atoms with Gasteiger partial charge in [0, 0.05) is 12.3 Å². The molecule has 0 saturated heterocycles. The van der Waals surface area contributed by atoms with E-state index in [9.17, 15) is 4.79 Å². The van der Waals surface area contributed by atoms with E-state index in [4.69, 9.17) is 4.74 Å². The molecule has 4 aliphatic rings. The van der Waals surface area contributed by atoms with Crippen LogP contribution in [0.2, 0.25) is 0 Å². The van der Waals surface area contributed by atoms with Gasteiger partial charge in [-0.1, -0.05) is 58.4 Å². The Balaban J connectivity index is 1.57. The molecule has 4 rings (SSSR count). The number of hydrogen-bond donors (Lipinski definition) is 0. The predicted octanol–water partition coefficient (Wildman–Crippen LogP) is 8.91. The molecule has 0 N–H and O–H groups in total. The van der Waals surface area contributed by atoms with Crippen molar-refractivity contribution in [3.05, 3.63) is 23.8 Å². The summed E-state index contributed by atoms with van der Waals surface area (Å²) < 4.78 is 5.89. The lowest BCUT2D eigenvalue weighted by molar-refractivity contribution is -0.226. The van der Waals surface area contributed by atoms with Crippen LogP contribution in [0.15, 0.2) is 23.8 Å². The third kappa shape index (κ3) is 3.85. The second-order valence-electron chi connectivity index (χ2n) is 14.3. The Hall–Kier alpha value is -1.05. The fourth-order valence-corrected chi connectivity index (χ4v) is 10.4. The van der Waals surface area contributed by atoms with Crippen LogP contribution in [0.5, 0.6) is 0 Å². The van der Waals surface area contributed by atoms with Crippen molar-refractivity contribution in [3.8, 4) is 0 Å². The molecule has 0 aromatic rings. The van der Waals surface area contributed by atoms with Gasteiger partial charge in [-0.3, -0.25) is 4.79 Å². The molecule has 0 aromatic heterocycles. The van der Waals surface area contributed by atoms with Crippen molar-refractivity contribution in [1.82, 2.24) is 0 Å². The Labute approximate surface area is 210 Å². The lowest BCUT2D eigenvalue weighted by atomic mass is 9.35. The number of fused-ring (bicyclic) bond motifs is 5. The molecular weight excluding hydrogens is 416 g/mol. The van der Waals surface area contributed by atoms with Crippen LogP contribution < -0.4 is 0 Å². The largest absolute Gasteiger partial charge is 0.462 e. The summed E-state index contributed by atoms with van der Waals surface area (Å²) in [5.41, 5.74) is 4.17. The second kappa shape index (κ2) is 8.81. The van der Waals surface area contributed by atoms with Crippen molar-refractivity contribution in [1.29, 1.82) is 0 Å². The van der Waals surface area contributed by atoms with Crippen molar-refractivity contribution in [2.45, 2.75) is 126 Å². The zero-order valence-corrected chi connectivity index (χ0v) is 23.6. The number of allylic oxidation sites excluding steroid dienone is 3. The number of rotatable bonds is 5. The lowest BCUT2D eigenvalue weighted by Crippen LogP contribution is -2.64. The van der Waals surface area contributed by atoms with Crippen molar-refractivity contribution in [2.75, 3.05) is 0 Å².